The summed E-state index contributed by atoms with van der Waals surface area (Å²) in [5, 5.41) is 4.49. The monoisotopic (exact) mass is 470 g/mol. The Hall–Kier alpha value is -3.69. The van der Waals surface area contributed by atoms with Gasteiger partial charge < -0.3 is 10.2 Å². The smallest absolute Gasteiger partial charge is 0.255 e. The molecule has 2 N–H and O–H groups in total. The van der Waals surface area contributed by atoms with Crippen molar-refractivity contribution in [2.45, 2.75) is 58.5 Å². The van der Waals surface area contributed by atoms with Gasteiger partial charge in [-0.1, -0.05) is 26.0 Å². The number of pyridine rings is 1. The molecule has 4 rings (SSSR count). The Kier molecular flexibility index (Phi) is 6.16. The Morgan fingerprint density at radius 2 is 1.97 bits per heavy atom. The van der Waals surface area contributed by atoms with Crippen LogP contribution in [-0.2, 0) is 27.3 Å². The van der Waals surface area contributed by atoms with E-state index in [0.29, 0.717) is 16.7 Å². The van der Waals surface area contributed by atoms with Gasteiger partial charge in [0.25, 0.3) is 5.91 Å². The first-order valence-corrected chi connectivity index (χ1v) is 11.0. The highest BCUT2D eigenvalue weighted by Crippen LogP contribution is 2.32. The zero-order chi connectivity index (χ0) is 24.7. The third-order valence-corrected chi connectivity index (χ3v) is 6.03. The molecule has 4 amide bonds. The first-order valence-electron chi connectivity index (χ1n) is 11.0. The lowest BCUT2D eigenvalue weighted by atomic mass is 9.95. The lowest BCUT2D eigenvalue weighted by Gasteiger charge is -2.29. The van der Waals surface area contributed by atoms with Gasteiger partial charge in [-0.2, -0.15) is 4.39 Å². The fraction of sp³-hybridized carbons (Fsp3) is 0.375. The van der Waals surface area contributed by atoms with Gasteiger partial charge in [0.2, 0.25) is 23.5 Å². The number of hydrogen-bond acceptors (Lipinski definition) is 5. The second kappa shape index (κ2) is 8.92. The summed E-state index contributed by atoms with van der Waals surface area (Å²) in [5.74, 6) is -4.79. The number of hydrogen-bond donors (Lipinski definition) is 2. The molecule has 8 nitrogen and oxygen atoms in total. The molecule has 34 heavy (non-hydrogen) atoms. The van der Waals surface area contributed by atoms with E-state index in [0.717, 1.165) is 0 Å². The number of rotatable bonds is 5. The fourth-order valence-corrected chi connectivity index (χ4v) is 4.50. The highest BCUT2D eigenvalue weighted by atomic mass is 19.2. The minimum Gasteiger partial charge on any atom is -0.322 e. The number of nitrogens with one attached hydrogen (secondary N) is 2. The van der Waals surface area contributed by atoms with Crippen LogP contribution in [0.1, 0.15) is 72.3 Å². The molecule has 2 aliphatic rings. The van der Waals surface area contributed by atoms with E-state index in [-0.39, 0.29) is 54.8 Å². The molecular formula is C24H24F2N4O4. The highest BCUT2D eigenvalue weighted by Gasteiger charge is 2.39. The molecule has 0 aliphatic carbocycles. The zero-order valence-corrected chi connectivity index (χ0v) is 19.0. The van der Waals surface area contributed by atoms with Gasteiger partial charge in [0, 0.05) is 37.4 Å². The van der Waals surface area contributed by atoms with E-state index in [1.807, 2.05) is 0 Å². The van der Waals surface area contributed by atoms with Crippen LogP contribution >= 0.6 is 0 Å². The molecule has 1 aromatic heterocycles. The van der Waals surface area contributed by atoms with E-state index >= 15 is 0 Å². The maximum atomic E-state index is 14.8. The maximum Gasteiger partial charge on any atom is 0.255 e. The predicted octanol–water partition coefficient (Wildman–Crippen LogP) is 2.79. The van der Waals surface area contributed by atoms with Crippen molar-refractivity contribution in [2.75, 3.05) is 5.32 Å². The van der Waals surface area contributed by atoms with E-state index in [2.05, 4.69) is 15.6 Å². The van der Waals surface area contributed by atoms with Crippen LogP contribution in [0.4, 0.5) is 14.6 Å². The molecule has 1 atom stereocenters. The number of carbonyl (C=O) groups excluding carboxylic acids is 4. The predicted molar refractivity (Wildman–Crippen MR) is 118 cm³/mol. The van der Waals surface area contributed by atoms with E-state index in [1.54, 1.807) is 32.0 Å². The molecule has 0 spiro atoms. The number of imide groups is 1. The lowest BCUT2D eigenvalue weighted by Crippen LogP contribution is -2.52. The third kappa shape index (κ3) is 4.27. The summed E-state index contributed by atoms with van der Waals surface area (Å²) in [5.41, 5.74) is 2.26. The Morgan fingerprint density at radius 3 is 2.62 bits per heavy atom. The van der Waals surface area contributed by atoms with Gasteiger partial charge in [0.15, 0.2) is 11.6 Å². The van der Waals surface area contributed by atoms with Crippen molar-refractivity contribution >= 4 is 29.4 Å². The normalized spacial score (nSPS) is 17.8. The zero-order valence-electron chi connectivity index (χ0n) is 19.0. The van der Waals surface area contributed by atoms with Crippen molar-refractivity contribution in [3.05, 3.63) is 57.8 Å². The highest BCUT2D eigenvalue weighted by molar-refractivity contribution is 6.05. The molecule has 1 saturated heterocycles. The van der Waals surface area contributed by atoms with Crippen molar-refractivity contribution < 1.29 is 28.0 Å². The summed E-state index contributed by atoms with van der Waals surface area (Å²) >= 11 is 0. The third-order valence-electron chi connectivity index (χ3n) is 6.03. The maximum absolute atomic E-state index is 14.8. The van der Waals surface area contributed by atoms with Crippen LogP contribution in [0.25, 0.3) is 0 Å². The number of aromatic nitrogens is 1. The molecule has 1 unspecified atom stereocenters. The quantitative estimate of drug-likeness (QED) is 0.654. The number of anilines is 1. The topological polar surface area (TPSA) is 108 Å². The first-order chi connectivity index (χ1) is 16.1. The van der Waals surface area contributed by atoms with E-state index in [4.69, 9.17) is 0 Å². The molecule has 2 aromatic rings. The van der Waals surface area contributed by atoms with Crippen LogP contribution < -0.4 is 10.6 Å². The fourth-order valence-electron chi connectivity index (χ4n) is 4.50. The molecule has 1 aromatic carbocycles. The number of halogens is 2. The van der Waals surface area contributed by atoms with Gasteiger partial charge >= 0.3 is 0 Å². The van der Waals surface area contributed by atoms with Crippen LogP contribution in [0.15, 0.2) is 18.2 Å². The Balaban J connectivity index is 1.64. The lowest BCUT2D eigenvalue weighted by molar-refractivity contribution is -0.137. The minimum absolute atomic E-state index is 0.119. The molecular weight excluding hydrogens is 446 g/mol. The van der Waals surface area contributed by atoms with Crippen LogP contribution in [0.2, 0.25) is 0 Å². The summed E-state index contributed by atoms with van der Waals surface area (Å²) in [4.78, 5) is 53.6. The summed E-state index contributed by atoms with van der Waals surface area (Å²) in [6, 6.07) is 4.41. The van der Waals surface area contributed by atoms with Crippen LogP contribution in [0.3, 0.4) is 0 Å². The van der Waals surface area contributed by atoms with Crippen molar-refractivity contribution in [3.63, 3.8) is 0 Å². The van der Waals surface area contributed by atoms with Gasteiger partial charge in [-0.25, -0.2) is 9.37 Å². The molecule has 2 aliphatic heterocycles. The second-order valence-corrected chi connectivity index (χ2v) is 8.85. The number of benzene rings is 1. The molecule has 1 fully saturated rings. The number of carbonyl (C=O) groups is 4. The average molecular weight is 470 g/mol. The average Bonchev–Trinajstić information content (AvgIpc) is 3.07. The van der Waals surface area contributed by atoms with Crippen LogP contribution in [0.5, 0.6) is 0 Å². The van der Waals surface area contributed by atoms with E-state index in [9.17, 15) is 28.0 Å². The summed E-state index contributed by atoms with van der Waals surface area (Å²) in [7, 11) is 0. The summed E-state index contributed by atoms with van der Waals surface area (Å²) < 4.78 is 29.3. The Labute approximate surface area is 194 Å². The number of nitrogens with zero attached hydrogens (tertiary/aromatic N) is 2. The number of amides is 4. The first kappa shape index (κ1) is 23.5. The van der Waals surface area contributed by atoms with Crippen LogP contribution in [-0.4, -0.2) is 39.6 Å². The van der Waals surface area contributed by atoms with Gasteiger partial charge in [-0.05, 0) is 29.5 Å². The standard InChI is InChI=1S/C24H24F2N4O4/c1-11(2)19-16(28-22(27-12(3)31)21(26)20(19)25)9-13-4-5-15-14(8-13)10-30(24(15)34)17-6-7-18(32)29-23(17)33/h4-5,8,11,17H,6-7,9-10H2,1-3H3,(H,27,28,31)(H,29,32,33). The minimum atomic E-state index is -1.21. The van der Waals surface area contributed by atoms with E-state index < -0.39 is 35.3 Å². The SMILES string of the molecule is CC(=O)Nc1nc(Cc2ccc3c(c2)CN(C2CCC(=O)NC2=O)C3=O)c(C(C)C)c(F)c1F. The molecule has 10 heteroatoms. The second-order valence-electron chi connectivity index (χ2n) is 8.85. The Morgan fingerprint density at radius 1 is 1.24 bits per heavy atom. The van der Waals surface area contributed by atoms with Crippen molar-refractivity contribution in [1.29, 1.82) is 0 Å². The summed E-state index contributed by atoms with van der Waals surface area (Å²) in [6.07, 6.45) is 0.578. The van der Waals surface area contributed by atoms with Crippen LogP contribution in [0, 0.1) is 11.6 Å². The van der Waals surface area contributed by atoms with Crippen molar-refractivity contribution in [2.24, 2.45) is 0 Å². The molecule has 0 saturated carbocycles. The van der Waals surface area contributed by atoms with Crippen molar-refractivity contribution in [1.82, 2.24) is 15.2 Å². The number of fused-ring (bicyclic) bond motifs is 1. The number of piperidine rings is 1. The van der Waals surface area contributed by atoms with Gasteiger partial charge in [0.05, 0.1) is 5.69 Å². The summed E-state index contributed by atoms with van der Waals surface area (Å²) in [6.45, 7) is 4.83. The Bertz CT molecular complexity index is 1230. The molecule has 0 bridgehead atoms. The largest absolute Gasteiger partial charge is 0.322 e. The van der Waals surface area contributed by atoms with Gasteiger partial charge in [-0.15, -0.1) is 0 Å². The molecule has 178 valence electrons. The van der Waals surface area contributed by atoms with E-state index in [1.165, 1.54) is 11.8 Å². The van der Waals surface area contributed by atoms with Crippen molar-refractivity contribution in [3.8, 4) is 0 Å². The molecule has 3 heterocycles. The van der Waals surface area contributed by atoms with Gasteiger partial charge in [0.1, 0.15) is 6.04 Å². The molecule has 0 radical (unpaired) electrons. The van der Waals surface area contributed by atoms with Gasteiger partial charge in [-0.3, -0.25) is 24.5 Å².